The number of phenols is 2. The number of hydrogen-bond donors (Lipinski definition) is 3. The fraction of sp³-hybridized carbons (Fsp3) is 0.0714. The first-order valence-corrected chi connectivity index (χ1v) is 6.65. The van der Waals surface area contributed by atoms with E-state index < -0.39 is 0 Å². The second kappa shape index (κ2) is 5.48. The predicted octanol–water partition coefficient (Wildman–Crippen LogP) is 3.26. The molecule has 0 saturated carbocycles. The number of anilines is 1. The smallest absolute Gasteiger partial charge is 0.255 e. The Morgan fingerprint density at radius 1 is 1.16 bits per heavy atom. The van der Waals surface area contributed by atoms with Crippen LogP contribution >= 0.6 is 22.6 Å². The lowest BCUT2D eigenvalue weighted by Crippen LogP contribution is -2.12. The Kier molecular flexibility index (Phi) is 3.94. The highest BCUT2D eigenvalue weighted by atomic mass is 127. The van der Waals surface area contributed by atoms with E-state index in [0.717, 1.165) is 0 Å². The lowest BCUT2D eigenvalue weighted by atomic mass is 10.1. The van der Waals surface area contributed by atoms with Crippen molar-refractivity contribution in [3.05, 3.63) is 51.1 Å². The predicted molar refractivity (Wildman–Crippen MR) is 81.6 cm³/mol. The fourth-order valence-electron chi connectivity index (χ4n) is 1.61. The van der Waals surface area contributed by atoms with Gasteiger partial charge in [-0.15, -0.1) is 0 Å². The summed E-state index contributed by atoms with van der Waals surface area (Å²) in [5, 5.41) is 21.9. The molecule has 0 heterocycles. The van der Waals surface area contributed by atoms with Crippen LogP contribution in [-0.4, -0.2) is 16.1 Å². The average Bonchev–Trinajstić information content (AvgIpc) is 2.38. The third-order valence-corrected chi connectivity index (χ3v) is 3.67. The molecular formula is C14H12INO3. The van der Waals surface area contributed by atoms with Gasteiger partial charge in [-0.25, -0.2) is 0 Å². The number of phenolic OH excluding ortho intramolecular Hbond substituents is 2. The number of nitrogens with one attached hydrogen (secondary N) is 1. The first kappa shape index (κ1) is 13.7. The van der Waals surface area contributed by atoms with Gasteiger partial charge in [0.05, 0.1) is 3.57 Å². The molecule has 1 amide bonds. The number of rotatable bonds is 2. The Morgan fingerprint density at radius 2 is 1.89 bits per heavy atom. The quantitative estimate of drug-likeness (QED) is 0.712. The van der Waals surface area contributed by atoms with Gasteiger partial charge in [-0.2, -0.15) is 0 Å². The monoisotopic (exact) mass is 369 g/mol. The molecular weight excluding hydrogens is 357 g/mol. The molecule has 0 aromatic heterocycles. The van der Waals surface area contributed by atoms with E-state index in [9.17, 15) is 15.0 Å². The van der Waals surface area contributed by atoms with Gasteiger partial charge in [0.2, 0.25) is 0 Å². The number of aromatic hydroxyl groups is 2. The van der Waals surface area contributed by atoms with Crippen molar-refractivity contribution in [1.29, 1.82) is 0 Å². The molecule has 4 nitrogen and oxygen atoms in total. The highest BCUT2D eigenvalue weighted by Gasteiger charge is 2.10. The first-order valence-electron chi connectivity index (χ1n) is 5.57. The number of benzene rings is 2. The maximum absolute atomic E-state index is 12.0. The molecule has 0 spiro atoms. The maximum atomic E-state index is 12.0. The summed E-state index contributed by atoms with van der Waals surface area (Å²) in [6.45, 7) is 1.72. The van der Waals surface area contributed by atoms with Crippen LogP contribution < -0.4 is 5.32 Å². The summed E-state index contributed by atoms with van der Waals surface area (Å²) < 4.78 is 0.683. The van der Waals surface area contributed by atoms with E-state index in [4.69, 9.17) is 0 Å². The van der Waals surface area contributed by atoms with Crippen LogP contribution in [0.4, 0.5) is 5.69 Å². The minimum absolute atomic E-state index is 0.0703. The third kappa shape index (κ3) is 2.98. The van der Waals surface area contributed by atoms with Gasteiger partial charge in [-0.3, -0.25) is 4.79 Å². The Morgan fingerprint density at radius 3 is 2.58 bits per heavy atom. The molecule has 2 aromatic carbocycles. The molecule has 2 rings (SSSR count). The minimum atomic E-state index is -0.333. The summed E-state index contributed by atoms with van der Waals surface area (Å²) in [6, 6.07) is 9.63. The van der Waals surface area contributed by atoms with E-state index >= 15 is 0 Å². The zero-order valence-corrected chi connectivity index (χ0v) is 12.3. The largest absolute Gasteiger partial charge is 0.508 e. The topological polar surface area (TPSA) is 69.6 Å². The molecule has 2 aromatic rings. The molecule has 0 bridgehead atoms. The summed E-state index contributed by atoms with van der Waals surface area (Å²) in [5.41, 5.74) is 1.51. The van der Waals surface area contributed by atoms with Gasteiger partial charge < -0.3 is 15.5 Å². The SMILES string of the molecule is Cc1c(O)cccc1NC(=O)c1ccc(I)c(O)c1. The van der Waals surface area contributed by atoms with Crippen molar-refractivity contribution in [1.82, 2.24) is 0 Å². The van der Waals surface area contributed by atoms with Crippen LogP contribution in [0.5, 0.6) is 11.5 Å². The Labute approximate surface area is 124 Å². The van der Waals surface area contributed by atoms with Crippen molar-refractivity contribution < 1.29 is 15.0 Å². The molecule has 0 unspecified atom stereocenters. The van der Waals surface area contributed by atoms with Crippen LogP contribution in [0.3, 0.4) is 0 Å². The molecule has 0 aliphatic carbocycles. The summed E-state index contributed by atoms with van der Waals surface area (Å²) in [5.74, 6) is -0.135. The highest BCUT2D eigenvalue weighted by molar-refractivity contribution is 14.1. The summed E-state index contributed by atoms with van der Waals surface area (Å²) in [4.78, 5) is 12.0. The van der Waals surface area contributed by atoms with Gasteiger partial charge in [-0.05, 0) is 59.8 Å². The molecule has 0 fully saturated rings. The second-order valence-electron chi connectivity index (χ2n) is 4.07. The summed E-state index contributed by atoms with van der Waals surface area (Å²) in [6.07, 6.45) is 0. The van der Waals surface area contributed by atoms with Gasteiger partial charge in [0.25, 0.3) is 5.91 Å². The number of carbonyl (C=O) groups excluding carboxylic acids is 1. The fourth-order valence-corrected chi connectivity index (χ4v) is 1.94. The van der Waals surface area contributed by atoms with Gasteiger partial charge in [0.15, 0.2) is 0 Å². The van der Waals surface area contributed by atoms with Crippen molar-refractivity contribution in [2.75, 3.05) is 5.32 Å². The van der Waals surface area contributed by atoms with Gasteiger partial charge >= 0.3 is 0 Å². The van der Waals surface area contributed by atoms with Crippen molar-refractivity contribution >= 4 is 34.2 Å². The molecule has 0 radical (unpaired) electrons. The first-order chi connectivity index (χ1) is 8.99. The number of hydrogen-bond acceptors (Lipinski definition) is 3. The van der Waals surface area contributed by atoms with E-state index in [0.29, 0.717) is 20.4 Å². The molecule has 3 N–H and O–H groups in total. The summed E-state index contributed by atoms with van der Waals surface area (Å²) in [7, 11) is 0. The van der Waals surface area contributed by atoms with Crippen molar-refractivity contribution in [3.63, 3.8) is 0 Å². The van der Waals surface area contributed by atoms with Gasteiger partial charge in [-0.1, -0.05) is 6.07 Å². The van der Waals surface area contributed by atoms with Crippen LogP contribution in [0, 0.1) is 10.5 Å². The molecule has 5 heteroatoms. The molecule has 0 saturated heterocycles. The number of amides is 1. The van der Waals surface area contributed by atoms with Crippen molar-refractivity contribution in [3.8, 4) is 11.5 Å². The normalized spacial score (nSPS) is 10.2. The van der Waals surface area contributed by atoms with Crippen LogP contribution in [0.15, 0.2) is 36.4 Å². The van der Waals surface area contributed by atoms with E-state index in [1.165, 1.54) is 6.07 Å². The van der Waals surface area contributed by atoms with Crippen LogP contribution in [0.25, 0.3) is 0 Å². The lowest BCUT2D eigenvalue weighted by Gasteiger charge is -2.10. The van der Waals surface area contributed by atoms with Crippen molar-refractivity contribution in [2.45, 2.75) is 6.92 Å². The molecule has 19 heavy (non-hydrogen) atoms. The Balaban J connectivity index is 2.26. The highest BCUT2D eigenvalue weighted by Crippen LogP contribution is 2.25. The van der Waals surface area contributed by atoms with Crippen LogP contribution in [0.2, 0.25) is 0 Å². The van der Waals surface area contributed by atoms with E-state index in [-0.39, 0.29) is 17.4 Å². The summed E-state index contributed by atoms with van der Waals surface area (Å²) >= 11 is 1.98. The standard InChI is InChI=1S/C14H12INO3/c1-8-11(3-2-4-12(8)17)16-14(19)9-5-6-10(15)13(18)7-9/h2-7,17-18H,1H3,(H,16,19). The average molecular weight is 369 g/mol. The molecule has 0 atom stereocenters. The van der Waals surface area contributed by atoms with Crippen LogP contribution in [-0.2, 0) is 0 Å². The lowest BCUT2D eigenvalue weighted by molar-refractivity contribution is 0.102. The van der Waals surface area contributed by atoms with Gasteiger partial charge in [0, 0.05) is 16.8 Å². The number of carbonyl (C=O) groups is 1. The van der Waals surface area contributed by atoms with E-state index in [1.807, 2.05) is 22.6 Å². The third-order valence-electron chi connectivity index (χ3n) is 2.76. The maximum Gasteiger partial charge on any atom is 0.255 e. The van der Waals surface area contributed by atoms with Crippen molar-refractivity contribution in [2.24, 2.45) is 0 Å². The van der Waals surface area contributed by atoms with E-state index in [1.54, 1.807) is 37.3 Å². The van der Waals surface area contributed by atoms with Gasteiger partial charge in [0.1, 0.15) is 11.5 Å². The molecule has 0 aliphatic rings. The zero-order chi connectivity index (χ0) is 14.0. The van der Waals surface area contributed by atoms with Crippen LogP contribution in [0.1, 0.15) is 15.9 Å². The van der Waals surface area contributed by atoms with E-state index in [2.05, 4.69) is 5.32 Å². The Hall–Kier alpha value is -1.76. The molecule has 0 aliphatic heterocycles. The second-order valence-corrected chi connectivity index (χ2v) is 5.23. The number of halogens is 1. The minimum Gasteiger partial charge on any atom is -0.508 e. The Bertz CT molecular complexity index is 641. The molecule has 98 valence electrons. The zero-order valence-electron chi connectivity index (χ0n) is 10.1.